The molecule has 0 aromatic rings. The van der Waals surface area contributed by atoms with Gasteiger partial charge in [-0.05, 0) is 111 Å². The number of aliphatic hydroxyl groups is 4. The molecular weight excluding hydrogens is 1440 g/mol. The number of allylic oxidation sites excluding steroid dienone is 8. The Morgan fingerprint density at radius 3 is 1.34 bits per heavy atom. The average Bonchev–Trinajstić information content (AvgIpc) is 3.52. The topological polar surface area (TPSA) is 169 Å². The fourth-order valence-corrected chi connectivity index (χ4v) is 14.5. The number of rotatable bonds is 2. The Bertz CT molecular complexity index is 1860. The molecule has 9 nitrogen and oxygen atoms in total. The summed E-state index contributed by atoms with van der Waals surface area (Å²) in [6.45, 7) is 9.59. The predicted molar refractivity (Wildman–Crippen MR) is 268 cm³/mol. The summed E-state index contributed by atoms with van der Waals surface area (Å²) in [7, 11) is 0. The van der Waals surface area contributed by atoms with E-state index in [0.29, 0.717) is 6.42 Å². The zero-order valence-corrected chi connectivity index (χ0v) is 47.7. The predicted octanol–water partition coefficient (Wildman–Crippen LogP) is 9.53. The molecule has 4 unspecified atom stereocenters. The van der Waals surface area contributed by atoms with Crippen molar-refractivity contribution in [2.75, 3.05) is 0 Å². The van der Waals surface area contributed by atoms with Gasteiger partial charge in [-0.1, -0.05) is 39.8 Å². The molecule has 348 valence electrons. The van der Waals surface area contributed by atoms with E-state index in [4.69, 9.17) is 0 Å². The molecule has 62 heavy (non-hydrogen) atoms. The number of ketones is 2. The van der Waals surface area contributed by atoms with Gasteiger partial charge in [-0.3, -0.25) is 14.4 Å². The van der Waals surface area contributed by atoms with Crippen molar-refractivity contribution in [3.8, 4) is 0 Å². The van der Waals surface area contributed by atoms with Gasteiger partial charge in [0, 0.05) is 70.7 Å². The van der Waals surface area contributed by atoms with Gasteiger partial charge in [0.1, 0.15) is 17.9 Å². The number of thiol groups is 1. The van der Waals surface area contributed by atoms with Crippen LogP contribution in [0.5, 0.6) is 0 Å². The van der Waals surface area contributed by atoms with Gasteiger partial charge in [0.2, 0.25) is 5.12 Å². The van der Waals surface area contributed by atoms with Crippen LogP contribution in [0.25, 0.3) is 0 Å². The van der Waals surface area contributed by atoms with Gasteiger partial charge >= 0.3 is 70.8 Å². The second-order valence-electron chi connectivity index (χ2n) is 19.3. The van der Waals surface area contributed by atoms with Crippen LogP contribution in [0.2, 0.25) is 0 Å². The van der Waals surface area contributed by atoms with Gasteiger partial charge < -0.3 is 25.5 Å². The summed E-state index contributed by atoms with van der Waals surface area (Å²) < 4.78 is 63.9. The summed E-state index contributed by atoms with van der Waals surface area (Å²) in [6.07, 6.45) is 0.917. The number of carboxylic acids is 1. The van der Waals surface area contributed by atoms with E-state index in [1.807, 2.05) is 0 Å². The second kappa shape index (κ2) is 18.7. The van der Waals surface area contributed by atoms with Crippen molar-refractivity contribution in [2.45, 2.75) is 127 Å². The minimum absolute atomic E-state index is 0.0287. The van der Waals surface area contributed by atoms with Crippen molar-refractivity contribution in [1.82, 2.24) is 0 Å². The maximum atomic E-state index is 16.8. The van der Waals surface area contributed by atoms with Crippen LogP contribution in [0, 0.1) is 57.2 Å². The molecule has 8 aliphatic rings. The number of hydrogen-bond donors (Lipinski definition) is 6. The monoisotopic (exact) mass is 1490 g/mol. The number of fused-ring (bicyclic) bond motifs is 10. The summed E-state index contributed by atoms with van der Waals surface area (Å²) >= 11 is 15.5. The molecule has 0 saturated heterocycles. The minimum atomic E-state index is -2.26. The Morgan fingerprint density at radius 1 is 0.694 bits per heavy atom. The Kier molecular flexibility index (Phi) is 16.5. The van der Waals surface area contributed by atoms with Crippen LogP contribution in [0.15, 0.2) is 47.6 Å². The number of carboxylic acid groups (broad SMARTS) is 1. The van der Waals surface area contributed by atoms with Gasteiger partial charge in [0.25, 0.3) is 0 Å². The van der Waals surface area contributed by atoms with E-state index in [9.17, 15) is 44.7 Å². The van der Waals surface area contributed by atoms with E-state index in [-0.39, 0.29) is 48.2 Å². The van der Waals surface area contributed by atoms with Gasteiger partial charge in [0.15, 0.2) is 28.5 Å². The fraction of sp³-hybridized carbons (Fsp3) is 0.714. The Labute approximate surface area is 426 Å². The molecule has 0 aliphatic heterocycles. The van der Waals surface area contributed by atoms with Crippen molar-refractivity contribution in [3.05, 3.63) is 47.6 Å². The number of aliphatic carboxylic acids is 1. The molecule has 18 atom stereocenters. The molecule has 20 heteroatoms. The summed E-state index contributed by atoms with van der Waals surface area (Å²) in [6, 6.07) is 0. The van der Waals surface area contributed by atoms with Crippen LogP contribution in [-0.4, -0.2) is 95.3 Å². The molecule has 0 aromatic carbocycles. The van der Waals surface area contributed by atoms with Crippen molar-refractivity contribution < 1.29 is 67.2 Å². The van der Waals surface area contributed by atoms with Crippen LogP contribution in [0.4, 0.5) is 17.6 Å². The standard InChI is InChI=1S/C21H26F2O5.C21H26F2O4S.I2.3HI.V/c1-10-6-12-13-8-15(22)14-7-11(24)4-5-18(14,2)20(13,23)16(25)9-19(12,3)21(10,28)17(26)27;1-10-6-12-13-8-15(22)14-7-11(24)4-5-18(14,2)20(13,23)16(25)9-19(12,3)21(10,27)17(26)28;1-2;;;;/h4-5,7,10,12-13,15-16,25,28H,6,8-9H2,1-3H3,(H,26,27);4-5,7,10,12-13,15-16,25,27H,6,8-9H2,1-3H3,(H,26,28);;3*1H;/q;;;;;;+3/p-3/t2*10-,12?,13?,15+,16+,18+,19+,20+,21+;;;;;/m11...../s1. The van der Waals surface area contributed by atoms with Gasteiger partial charge in [-0.25, -0.2) is 22.4 Å². The maximum absolute atomic E-state index is 16.8. The number of halogens is 9. The molecule has 0 heterocycles. The van der Waals surface area contributed by atoms with Gasteiger partial charge in [0.05, 0.1) is 12.2 Å². The molecule has 8 rings (SSSR count). The zero-order valence-electron chi connectivity index (χ0n) is 34.6. The van der Waals surface area contributed by atoms with Crippen molar-refractivity contribution in [3.63, 3.8) is 0 Å². The SMILES string of the molecule is C[C@@H]1CC2C3C[C@H](F)C4=CC(=O)C=C[C@]4(C)[C@@]3(F)[C@@H](O)C[C@]2(C)[C@@]1(O)C(=O)O.C[C@@H]1CC2C3C[C@H](F)C4=CC(=O)C=C[C@]4(C)[C@@]3(F)[C@@H](O)C[C@]2(C)[C@@]1(O)C(=O)S.II.[I][V]([I])[I]. The van der Waals surface area contributed by atoms with Crippen LogP contribution in [0.3, 0.4) is 0 Å². The first-order chi connectivity index (χ1) is 28.4. The molecule has 6 fully saturated rings. The van der Waals surface area contributed by atoms with E-state index in [1.165, 1.54) is 38.2 Å². The third-order valence-electron chi connectivity index (χ3n) is 17.1. The second-order valence-corrected chi connectivity index (χ2v) is 55.1. The number of carbonyl (C=O) groups excluding carboxylic acids is 3. The van der Waals surface area contributed by atoms with E-state index in [1.54, 1.807) is 27.7 Å². The Balaban J connectivity index is 0.000000208. The number of carbonyl (C=O) groups is 4. The number of alkyl halides is 4. The van der Waals surface area contributed by atoms with E-state index >= 15 is 17.6 Å². The molecule has 5 N–H and O–H groups in total. The van der Waals surface area contributed by atoms with Crippen LogP contribution in [-0.2, 0) is 24.1 Å². The van der Waals surface area contributed by atoms with Crippen molar-refractivity contribution in [2.24, 2.45) is 57.2 Å². The fourth-order valence-electron chi connectivity index (χ4n) is 14.0. The molecule has 6 saturated carbocycles. The molecule has 0 bridgehead atoms. The Morgan fingerprint density at radius 2 is 1.02 bits per heavy atom. The van der Waals surface area contributed by atoms with E-state index in [0.717, 1.165) is 12.2 Å². The quantitative estimate of drug-likeness (QED) is 0.0896. The van der Waals surface area contributed by atoms with Crippen molar-refractivity contribution >= 4 is 132 Å². The molecule has 0 spiro atoms. The number of hydrogen-bond acceptors (Lipinski definition) is 8. The third kappa shape index (κ3) is 7.68. The molecule has 8 aliphatic carbocycles. The third-order valence-corrected chi connectivity index (χ3v) is 17.4. The van der Waals surface area contributed by atoms with Crippen LogP contribution < -0.4 is 0 Å². The molecule has 0 radical (unpaired) electrons. The summed E-state index contributed by atoms with van der Waals surface area (Å²) in [5.41, 5.74) is -13.7. The average molecular weight is 1490 g/mol. The van der Waals surface area contributed by atoms with E-state index in [2.05, 4.69) is 110 Å². The summed E-state index contributed by atoms with van der Waals surface area (Å²) in [5, 5.41) is 53.4. The first-order valence-corrected chi connectivity index (χ1v) is 40.4. The molecule has 0 amide bonds. The van der Waals surface area contributed by atoms with Crippen LogP contribution in [0.1, 0.15) is 80.1 Å². The first kappa shape index (κ1) is 54.5. The summed E-state index contributed by atoms with van der Waals surface area (Å²) in [4.78, 5) is 47.6. The molecular formula is C42H52F4I5O9SV. The van der Waals surface area contributed by atoms with Crippen LogP contribution >= 0.6 is 110 Å². The summed E-state index contributed by atoms with van der Waals surface area (Å²) in [5.74, 6) is -6.36. The first-order valence-electron chi connectivity index (χ1n) is 20.2. The normalized spacial score (nSPS) is 50.5. The van der Waals surface area contributed by atoms with Gasteiger partial charge in [-0.15, -0.1) is 12.6 Å². The number of aliphatic hydroxyl groups excluding tert-OH is 2. The Hall–Kier alpha value is 1.58. The molecule has 0 aromatic heterocycles. The van der Waals surface area contributed by atoms with E-state index < -0.39 is 127 Å². The van der Waals surface area contributed by atoms with Crippen molar-refractivity contribution in [1.29, 1.82) is 0 Å². The van der Waals surface area contributed by atoms with Gasteiger partial charge in [-0.2, -0.15) is 0 Å². The zero-order chi connectivity index (χ0) is 47.3.